The molecule has 6 aliphatic heterocycles. The molecule has 6 heterocycles. The van der Waals surface area contributed by atoms with Gasteiger partial charge < -0.3 is 29.3 Å². The third kappa shape index (κ3) is 9.23. The maximum atomic E-state index is 14.5. The normalized spacial score (nSPS) is 25.7. The van der Waals surface area contributed by atoms with Gasteiger partial charge in [0.05, 0.1) is 34.5 Å². The number of amidine groups is 1. The highest BCUT2D eigenvalue weighted by molar-refractivity contribution is 8.14. The summed E-state index contributed by atoms with van der Waals surface area (Å²) in [6, 6.07) is 10.2. The number of aliphatic hydroxyl groups excluding tert-OH is 1. The molecule has 8 rings (SSSR count). The number of amides is 3. The Morgan fingerprint density at radius 3 is 2.08 bits per heavy atom. The molecule has 0 spiro atoms. The highest BCUT2D eigenvalue weighted by atomic mass is 32.2. The van der Waals surface area contributed by atoms with E-state index in [4.69, 9.17) is 9.47 Å². The van der Waals surface area contributed by atoms with Gasteiger partial charge in [-0.15, -0.1) is 11.8 Å². The average Bonchev–Trinajstić information content (AvgIpc) is 4.03. The van der Waals surface area contributed by atoms with Crippen LogP contribution in [0.3, 0.4) is 0 Å². The molecule has 4 fully saturated rings. The Kier molecular flexibility index (Phi) is 13.3. The number of aliphatic imine (C=N–C) groups is 1. The number of esters is 1. The van der Waals surface area contributed by atoms with Gasteiger partial charge in [0.1, 0.15) is 25.0 Å². The lowest BCUT2D eigenvalue weighted by Gasteiger charge is -2.46. The predicted molar refractivity (Wildman–Crippen MR) is 232 cm³/mol. The van der Waals surface area contributed by atoms with Crippen molar-refractivity contribution in [3.8, 4) is 0 Å². The van der Waals surface area contributed by atoms with Gasteiger partial charge in [0, 0.05) is 97.9 Å². The number of piperazine rings is 1. The number of carbonyl (C=O) groups is 4. The Balaban J connectivity index is 0.980. The number of hydrogen-bond donors (Lipinski definition) is 1. The first-order chi connectivity index (χ1) is 30.3. The van der Waals surface area contributed by atoms with Gasteiger partial charge in [-0.05, 0) is 61.6 Å². The second-order valence-corrected chi connectivity index (χ2v) is 19.1. The Morgan fingerprint density at radius 2 is 1.52 bits per heavy atom. The number of fused-ring (bicyclic) bond motifs is 1. The minimum atomic E-state index is -0.975. The van der Waals surface area contributed by atoms with E-state index in [-0.39, 0.29) is 49.2 Å². The third-order valence-corrected chi connectivity index (χ3v) is 15.4. The number of piperidine rings is 1. The molecule has 0 radical (unpaired) electrons. The molecule has 2 aromatic carbocycles. The van der Waals surface area contributed by atoms with Gasteiger partial charge in [0.2, 0.25) is 11.8 Å². The van der Waals surface area contributed by atoms with E-state index in [2.05, 4.69) is 14.8 Å². The lowest BCUT2D eigenvalue weighted by molar-refractivity contribution is -0.385. The van der Waals surface area contributed by atoms with Gasteiger partial charge in [0.25, 0.3) is 11.4 Å². The smallest absolute Gasteiger partial charge is 0.410 e. The molecular weight excluding hydrogens is 857 g/mol. The lowest BCUT2D eigenvalue weighted by atomic mass is 9.79. The van der Waals surface area contributed by atoms with E-state index < -0.39 is 63.1 Å². The van der Waals surface area contributed by atoms with E-state index in [1.807, 2.05) is 18.7 Å². The van der Waals surface area contributed by atoms with Gasteiger partial charge in [0.15, 0.2) is 5.17 Å². The van der Waals surface area contributed by atoms with Crippen LogP contribution in [-0.2, 0) is 37.1 Å². The van der Waals surface area contributed by atoms with Crippen LogP contribution in [0.5, 0.6) is 0 Å². The quantitative estimate of drug-likeness (QED) is 0.138. The number of nitro benzene ring substituents is 2. The number of benzene rings is 2. The number of carbonyl (C=O) groups excluding carboxylic acids is 4. The second kappa shape index (κ2) is 18.8. The fraction of sp³-hybridized carbons (Fsp3) is 0.548. The van der Waals surface area contributed by atoms with E-state index in [0.29, 0.717) is 48.3 Å². The van der Waals surface area contributed by atoms with Crippen molar-refractivity contribution in [3.63, 3.8) is 0 Å². The van der Waals surface area contributed by atoms with E-state index >= 15 is 0 Å². The zero-order valence-corrected chi connectivity index (χ0v) is 36.6. The lowest BCUT2D eigenvalue weighted by Crippen LogP contribution is -2.63. The van der Waals surface area contributed by atoms with Crippen molar-refractivity contribution < 1.29 is 43.6 Å². The summed E-state index contributed by atoms with van der Waals surface area (Å²) in [6.45, 7) is 8.27. The van der Waals surface area contributed by atoms with Crippen LogP contribution >= 0.6 is 23.5 Å². The van der Waals surface area contributed by atoms with Gasteiger partial charge in [-0.1, -0.05) is 18.7 Å². The van der Waals surface area contributed by atoms with Crippen molar-refractivity contribution in [3.05, 3.63) is 90.5 Å². The molecule has 3 amide bonds. The standard InChI is InChI=1S/C42H50N8O11S2/c1-25-35-34(26(2)51)39(53)48(35)36(40(54)60-23-27-3-7-30(8-4-27)49(56)57)37(25)63-32-21-33(47(22-32)42(55)61-24-28-5-9-31(10-6-28)50(58)59)38(52)45-18-16-44(17-19-45)29-11-14-46(15-12-29)41-43-13-20-62-41/h3-10,25-26,29,32-35,51H,11-24H2,1-2H3/t25-,26-,32+,33+,34-,35-/m1/s1. The molecule has 63 heavy (non-hydrogen) atoms. The summed E-state index contributed by atoms with van der Waals surface area (Å²) in [6.07, 6.45) is 0.570. The number of non-ortho nitro benzene ring substituents is 2. The SMILES string of the molecule is C[C@@H](O)[C@H]1C(=O)N2C(C(=O)OCc3ccc([N+](=O)[O-])cc3)=C(S[C@H]3C[C@@H](C(=O)N4CCN(C5CCN(C6=NCCS6)CC5)CC4)N(C(=O)OCc4ccc([N+](=O)[O-])cc4)C3)[C@H](C)[C@H]12. The largest absolute Gasteiger partial charge is 0.456 e. The molecule has 0 unspecified atom stereocenters. The van der Waals surface area contributed by atoms with E-state index in [1.54, 1.807) is 4.90 Å². The van der Waals surface area contributed by atoms with Crippen molar-refractivity contribution in [2.24, 2.45) is 16.8 Å². The van der Waals surface area contributed by atoms with Crippen LogP contribution in [0.25, 0.3) is 0 Å². The summed E-state index contributed by atoms with van der Waals surface area (Å²) < 4.78 is 11.4. The molecule has 2 aromatic rings. The molecule has 21 heteroatoms. The molecule has 0 aromatic heterocycles. The highest BCUT2D eigenvalue weighted by Gasteiger charge is 2.61. The number of ether oxygens (including phenoxy) is 2. The molecule has 0 saturated carbocycles. The molecule has 6 atom stereocenters. The van der Waals surface area contributed by atoms with Crippen molar-refractivity contribution in [2.75, 3.05) is 58.1 Å². The number of nitro groups is 2. The zero-order chi connectivity index (χ0) is 44.5. The number of rotatable bonds is 12. The number of hydrogen-bond acceptors (Lipinski definition) is 16. The minimum Gasteiger partial charge on any atom is -0.456 e. The second-order valence-electron chi connectivity index (χ2n) is 16.7. The van der Waals surface area contributed by atoms with Crippen molar-refractivity contribution in [2.45, 2.75) is 75.8 Å². The fourth-order valence-electron chi connectivity index (χ4n) is 9.50. The average molecular weight is 907 g/mol. The molecular formula is C42H50N8O11S2. The Hall–Kier alpha value is -5.25. The van der Waals surface area contributed by atoms with Crippen molar-refractivity contribution >= 4 is 63.9 Å². The summed E-state index contributed by atoms with van der Waals surface area (Å²) >= 11 is 3.12. The monoisotopic (exact) mass is 906 g/mol. The van der Waals surface area contributed by atoms with Crippen LogP contribution in [0.1, 0.15) is 44.2 Å². The van der Waals surface area contributed by atoms with Gasteiger partial charge in [-0.2, -0.15) is 0 Å². The van der Waals surface area contributed by atoms with Gasteiger partial charge >= 0.3 is 12.1 Å². The topological polar surface area (TPSA) is 222 Å². The number of nitrogens with zero attached hydrogens (tertiary/aromatic N) is 8. The molecule has 19 nitrogen and oxygen atoms in total. The number of thioether (sulfide) groups is 2. The van der Waals surface area contributed by atoms with Crippen LogP contribution in [0.4, 0.5) is 16.2 Å². The molecule has 4 saturated heterocycles. The van der Waals surface area contributed by atoms with Crippen LogP contribution in [0, 0.1) is 32.1 Å². The molecule has 336 valence electrons. The Bertz CT molecular complexity index is 2180. The summed E-state index contributed by atoms with van der Waals surface area (Å²) in [5.74, 6) is -1.50. The van der Waals surface area contributed by atoms with Crippen LogP contribution in [0.15, 0.2) is 64.1 Å². The van der Waals surface area contributed by atoms with Gasteiger partial charge in [-0.25, -0.2) is 9.59 Å². The first-order valence-electron chi connectivity index (χ1n) is 21.2. The predicted octanol–water partition coefficient (Wildman–Crippen LogP) is 3.84. The van der Waals surface area contributed by atoms with E-state index in [1.165, 1.54) is 77.0 Å². The maximum absolute atomic E-state index is 14.5. The summed E-state index contributed by atoms with van der Waals surface area (Å²) in [5, 5.41) is 33.6. The zero-order valence-electron chi connectivity index (χ0n) is 35.0. The third-order valence-electron chi connectivity index (χ3n) is 12.9. The van der Waals surface area contributed by atoms with E-state index in [0.717, 1.165) is 43.4 Å². The maximum Gasteiger partial charge on any atom is 0.410 e. The summed E-state index contributed by atoms with van der Waals surface area (Å²) in [7, 11) is 0. The first kappa shape index (κ1) is 44.4. The molecule has 0 aliphatic carbocycles. The number of likely N-dealkylation sites (tertiary alicyclic amines) is 2. The minimum absolute atomic E-state index is 0.0420. The summed E-state index contributed by atoms with van der Waals surface area (Å²) in [4.78, 5) is 91.7. The van der Waals surface area contributed by atoms with Crippen LogP contribution in [0.2, 0.25) is 0 Å². The highest BCUT2D eigenvalue weighted by Crippen LogP contribution is 2.52. The fourth-order valence-corrected chi connectivity index (χ4v) is 11.9. The molecule has 6 aliphatic rings. The summed E-state index contributed by atoms with van der Waals surface area (Å²) in [5.41, 5.74) is 0.858. The number of aliphatic hydroxyl groups is 1. The van der Waals surface area contributed by atoms with Gasteiger partial charge in [-0.3, -0.25) is 44.6 Å². The van der Waals surface area contributed by atoms with Crippen molar-refractivity contribution in [1.29, 1.82) is 0 Å². The Labute approximate surface area is 372 Å². The molecule has 1 N–H and O–H groups in total. The number of β-lactam (4-membered cyclic amide) rings is 1. The van der Waals surface area contributed by atoms with Crippen LogP contribution < -0.4 is 0 Å². The molecule has 0 bridgehead atoms. The van der Waals surface area contributed by atoms with Crippen LogP contribution in [-0.4, -0.2) is 156 Å². The Morgan fingerprint density at radius 1 is 0.921 bits per heavy atom. The van der Waals surface area contributed by atoms with Crippen molar-refractivity contribution in [1.82, 2.24) is 24.5 Å². The first-order valence-corrected chi connectivity index (χ1v) is 23.1. The van der Waals surface area contributed by atoms with E-state index in [9.17, 15) is 44.5 Å².